The summed E-state index contributed by atoms with van der Waals surface area (Å²) in [6, 6.07) is -0.988. The molecule has 0 aliphatic carbocycles. The molecule has 3 rings (SSSR count). The molecular weight excluding hydrogens is 1210 g/mol. The normalized spacial score (nSPS) is 27.3. The Kier molecular flexibility index (Phi) is 53.3. The molecule has 1 amide bonds. The molecule has 0 aromatic carbocycles. The monoisotopic (exact) mass is 1360 g/mol. The molecule has 12 N–H and O–H groups in total. The number of rotatable bonds is 62. The van der Waals surface area contributed by atoms with E-state index >= 15 is 0 Å². The Labute approximate surface area is 575 Å². The van der Waals surface area contributed by atoms with Crippen molar-refractivity contribution in [3.8, 4) is 0 Å². The lowest BCUT2D eigenvalue weighted by molar-refractivity contribution is -0.379. The van der Waals surface area contributed by atoms with Crippen LogP contribution in [0.3, 0.4) is 0 Å². The highest BCUT2D eigenvalue weighted by Gasteiger charge is 2.53. The lowest BCUT2D eigenvalue weighted by Gasteiger charge is -2.48. The quantitative estimate of drug-likeness (QED) is 0.0199. The number of allylic oxidation sites excluding steroid dienone is 3. The average Bonchev–Trinajstić information content (AvgIpc) is 0.787. The fourth-order valence-electron chi connectivity index (χ4n) is 13.4. The van der Waals surface area contributed by atoms with Crippen LogP contribution in [0, 0.1) is 0 Å². The van der Waals surface area contributed by atoms with Gasteiger partial charge in [0.2, 0.25) is 5.91 Å². The predicted octanol–water partition coefficient (Wildman–Crippen LogP) is 12.2. The summed E-state index contributed by atoms with van der Waals surface area (Å²) >= 11 is 0. The van der Waals surface area contributed by atoms with Gasteiger partial charge in [-0.3, -0.25) is 4.79 Å². The van der Waals surface area contributed by atoms with Gasteiger partial charge in [0.25, 0.3) is 0 Å². The molecule has 560 valence electrons. The molecule has 3 aliphatic rings. The van der Waals surface area contributed by atoms with E-state index in [-0.39, 0.29) is 18.9 Å². The Morgan fingerprint density at radius 1 is 0.368 bits per heavy atom. The summed E-state index contributed by atoms with van der Waals surface area (Å²) in [5.41, 5.74) is 0. The van der Waals surface area contributed by atoms with Crippen molar-refractivity contribution in [2.75, 3.05) is 26.4 Å². The Morgan fingerprint density at radius 2 is 0.674 bits per heavy atom. The topological polar surface area (TPSA) is 307 Å². The maximum absolute atomic E-state index is 13.5. The number of unbranched alkanes of at least 4 members (excludes halogenated alkanes) is 44. The smallest absolute Gasteiger partial charge is 0.220 e. The highest BCUT2D eigenvalue weighted by atomic mass is 16.8. The molecule has 0 spiro atoms. The van der Waals surface area contributed by atoms with Crippen molar-refractivity contribution in [3.05, 3.63) is 24.3 Å². The zero-order valence-corrected chi connectivity index (χ0v) is 59.7. The fraction of sp³-hybridized carbons (Fsp3) is 0.934. The summed E-state index contributed by atoms with van der Waals surface area (Å²) in [7, 11) is 0. The molecule has 19 nitrogen and oxygen atoms in total. The van der Waals surface area contributed by atoms with Crippen LogP contribution in [-0.2, 0) is 33.2 Å². The molecule has 3 heterocycles. The van der Waals surface area contributed by atoms with Gasteiger partial charge in [-0.1, -0.05) is 308 Å². The molecule has 17 unspecified atom stereocenters. The molecule has 3 saturated heterocycles. The number of nitrogens with one attached hydrogen (secondary N) is 1. The molecule has 3 aliphatic heterocycles. The lowest BCUT2D eigenvalue weighted by atomic mass is 9.96. The maximum atomic E-state index is 13.5. The molecule has 95 heavy (non-hydrogen) atoms. The summed E-state index contributed by atoms with van der Waals surface area (Å²) in [6.07, 6.45) is 41.7. The van der Waals surface area contributed by atoms with Crippen molar-refractivity contribution >= 4 is 5.91 Å². The first kappa shape index (κ1) is 87.5. The summed E-state index contributed by atoms with van der Waals surface area (Å²) in [5.74, 6) is -0.278. The van der Waals surface area contributed by atoms with Crippen LogP contribution in [0.4, 0.5) is 0 Å². The standard InChI is InChI=1S/C76H143NO18/c1-3-5-7-9-11-13-15-17-19-21-23-25-27-28-29-30-32-34-36-38-40-42-44-46-48-50-52-54-64(82)77-59(60(81)53-51-49-47-45-43-41-39-37-35-33-31-26-24-22-20-18-16-14-12-10-8-6-4-2)58-90-74-70(88)67(85)72(62(56-79)92-74)95-76-71(89)68(86)73(63(57-80)93-76)94-75-69(87)66(84)65(83)61(55-78)91-75/h43,45,51,53,59-63,65-76,78-81,83-89H,3-42,44,46-50,52,54-58H2,1-2H3,(H,77,82)/b45-43+,53-51+. The van der Waals surface area contributed by atoms with Gasteiger partial charge in [-0.2, -0.15) is 0 Å². The van der Waals surface area contributed by atoms with E-state index < -0.39 is 124 Å². The van der Waals surface area contributed by atoms with Crippen LogP contribution in [-0.4, -0.2) is 193 Å². The highest BCUT2D eigenvalue weighted by molar-refractivity contribution is 5.76. The van der Waals surface area contributed by atoms with Crippen molar-refractivity contribution in [2.24, 2.45) is 0 Å². The minimum Gasteiger partial charge on any atom is -0.394 e. The van der Waals surface area contributed by atoms with Crippen molar-refractivity contribution in [2.45, 2.75) is 426 Å². The summed E-state index contributed by atoms with van der Waals surface area (Å²) < 4.78 is 34.4. The summed E-state index contributed by atoms with van der Waals surface area (Å²) in [6.45, 7) is 1.77. The molecule has 0 aromatic heterocycles. The first-order chi connectivity index (χ1) is 46.3. The van der Waals surface area contributed by atoms with E-state index in [4.69, 9.17) is 28.4 Å². The largest absolute Gasteiger partial charge is 0.394 e. The Morgan fingerprint density at radius 3 is 1.05 bits per heavy atom. The highest BCUT2D eigenvalue weighted by Crippen LogP contribution is 2.33. The Hall–Kier alpha value is -1.73. The lowest BCUT2D eigenvalue weighted by Crippen LogP contribution is -2.66. The molecule has 0 saturated carbocycles. The van der Waals surface area contributed by atoms with Gasteiger partial charge in [-0.25, -0.2) is 0 Å². The van der Waals surface area contributed by atoms with Gasteiger partial charge in [0.05, 0.1) is 38.6 Å². The Balaban J connectivity index is 1.40. The number of ether oxygens (including phenoxy) is 6. The van der Waals surface area contributed by atoms with Crippen LogP contribution in [0.15, 0.2) is 24.3 Å². The molecule has 19 heteroatoms. The van der Waals surface area contributed by atoms with Crippen LogP contribution in [0.5, 0.6) is 0 Å². The third-order valence-electron chi connectivity index (χ3n) is 19.8. The van der Waals surface area contributed by atoms with E-state index in [0.29, 0.717) is 12.8 Å². The predicted molar refractivity (Wildman–Crippen MR) is 374 cm³/mol. The molecule has 0 bridgehead atoms. The average molecular weight is 1360 g/mol. The van der Waals surface area contributed by atoms with E-state index in [1.165, 1.54) is 250 Å². The van der Waals surface area contributed by atoms with Crippen LogP contribution in [0.2, 0.25) is 0 Å². The van der Waals surface area contributed by atoms with Gasteiger partial charge in [0.1, 0.15) is 73.2 Å². The minimum absolute atomic E-state index is 0.241. The van der Waals surface area contributed by atoms with Crippen LogP contribution >= 0.6 is 0 Å². The number of hydrogen-bond donors (Lipinski definition) is 12. The molecule has 17 atom stereocenters. The van der Waals surface area contributed by atoms with Crippen molar-refractivity contribution in [3.63, 3.8) is 0 Å². The van der Waals surface area contributed by atoms with Gasteiger partial charge in [-0.05, 0) is 32.1 Å². The molecule has 0 radical (unpaired) electrons. The first-order valence-electron chi connectivity index (χ1n) is 39.1. The number of amides is 1. The number of carbonyl (C=O) groups is 1. The zero-order valence-electron chi connectivity index (χ0n) is 59.7. The van der Waals surface area contributed by atoms with E-state index in [9.17, 15) is 61.0 Å². The number of aliphatic hydroxyl groups is 11. The fourth-order valence-corrected chi connectivity index (χ4v) is 13.4. The van der Waals surface area contributed by atoms with E-state index in [2.05, 4.69) is 31.3 Å². The van der Waals surface area contributed by atoms with Gasteiger partial charge < -0.3 is 89.9 Å². The van der Waals surface area contributed by atoms with E-state index in [1.807, 2.05) is 6.08 Å². The van der Waals surface area contributed by atoms with Crippen molar-refractivity contribution in [1.29, 1.82) is 0 Å². The van der Waals surface area contributed by atoms with Crippen LogP contribution < -0.4 is 5.32 Å². The molecule has 0 aromatic rings. The zero-order chi connectivity index (χ0) is 68.9. The van der Waals surface area contributed by atoms with Crippen LogP contribution in [0.25, 0.3) is 0 Å². The van der Waals surface area contributed by atoms with Crippen molar-refractivity contribution < 1.29 is 89.4 Å². The molecule has 3 fully saturated rings. The van der Waals surface area contributed by atoms with Crippen LogP contribution in [0.1, 0.15) is 322 Å². The third-order valence-corrected chi connectivity index (χ3v) is 19.8. The van der Waals surface area contributed by atoms with E-state index in [0.717, 1.165) is 38.5 Å². The van der Waals surface area contributed by atoms with Gasteiger partial charge in [0.15, 0.2) is 18.9 Å². The second-order valence-corrected chi connectivity index (χ2v) is 28.2. The maximum Gasteiger partial charge on any atom is 0.220 e. The number of hydrogen-bond acceptors (Lipinski definition) is 18. The molecular formula is C76H143NO18. The second-order valence-electron chi connectivity index (χ2n) is 28.2. The first-order valence-corrected chi connectivity index (χ1v) is 39.1. The number of aliphatic hydroxyl groups excluding tert-OH is 11. The second kappa shape index (κ2) is 57.8. The SMILES string of the molecule is CCCCCCCCCCCCCCCCCCC/C=C/CC/C=C/C(O)C(COC1OC(CO)C(OC2OC(CO)C(OC3OC(CO)C(O)C(O)C3O)C(O)C2O)C(O)C1O)NC(=O)CCCCCCCCCCCCCCCCCCCCCCCCCCCCC. The Bertz CT molecular complexity index is 1810. The van der Waals surface area contributed by atoms with E-state index in [1.54, 1.807) is 6.08 Å². The van der Waals surface area contributed by atoms with Gasteiger partial charge >= 0.3 is 0 Å². The van der Waals surface area contributed by atoms with Gasteiger partial charge in [0, 0.05) is 6.42 Å². The summed E-state index contributed by atoms with van der Waals surface area (Å²) in [4.78, 5) is 13.5. The minimum atomic E-state index is -1.98. The third kappa shape index (κ3) is 38.8. The van der Waals surface area contributed by atoms with Gasteiger partial charge in [-0.15, -0.1) is 0 Å². The number of carbonyl (C=O) groups excluding carboxylic acids is 1. The summed E-state index contributed by atoms with van der Waals surface area (Å²) in [5, 5.41) is 121. The van der Waals surface area contributed by atoms with Crippen molar-refractivity contribution in [1.82, 2.24) is 5.32 Å².